The number of anilines is 1. The Morgan fingerprint density at radius 1 is 1.34 bits per heavy atom. The van der Waals surface area contributed by atoms with Crippen LogP contribution in [-0.2, 0) is 16.1 Å². The number of ether oxygens (including phenoxy) is 1. The molecule has 0 aromatic carbocycles. The molecule has 1 aliphatic heterocycles. The molecule has 0 spiro atoms. The number of amides is 1. The molecule has 1 fully saturated rings. The average molecular weight is 435 g/mol. The Morgan fingerprint density at radius 2 is 2.31 bits per heavy atom. The summed E-state index contributed by atoms with van der Waals surface area (Å²) in [6.07, 6.45) is 10.6. The van der Waals surface area contributed by atoms with Crippen LogP contribution in [0.5, 0.6) is 0 Å². The van der Waals surface area contributed by atoms with Gasteiger partial charge in [0.2, 0.25) is 11.0 Å². The maximum Gasteiger partial charge on any atom is 0.237 e. The Balaban J connectivity index is 1.32. The van der Waals surface area contributed by atoms with Gasteiger partial charge in [-0.1, -0.05) is 29.2 Å². The van der Waals surface area contributed by atoms with Crippen LogP contribution in [-0.4, -0.2) is 46.0 Å². The van der Waals surface area contributed by atoms with Crippen molar-refractivity contribution in [3.8, 4) is 0 Å². The Morgan fingerprint density at radius 3 is 3.07 bits per heavy atom. The predicted molar refractivity (Wildman–Crippen MR) is 114 cm³/mol. The van der Waals surface area contributed by atoms with Gasteiger partial charge in [-0.2, -0.15) is 0 Å². The summed E-state index contributed by atoms with van der Waals surface area (Å²) in [5, 5.41) is 12.4. The van der Waals surface area contributed by atoms with Gasteiger partial charge in [0, 0.05) is 18.8 Å². The number of thioether (sulfide) groups is 1. The van der Waals surface area contributed by atoms with Crippen LogP contribution in [0.4, 0.5) is 5.13 Å². The zero-order chi connectivity index (χ0) is 19.9. The molecule has 2 aromatic heterocycles. The lowest BCUT2D eigenvalue weighted by molar-refractivity contribution is -0.127. The number of hydrogen-bond acceptors (Lipinski definition) is 8. The third-order valence-corrected chi connectivity index (χ3v) is 7.04. The van der Waals surface area contributed by atoms with Crippen molar-refractivity contribution in [2.24, 2.45) is 0 Å². The number of hydrogen-bond donors (Lipinski definition) is 1. The number of allylic oxidation sites excluding steroid dienone is 2. The quantitative estimate of drug-likeness (QED) is 0.589. The average Bonchev–Trinajstić information content (AvgIpc) is 3.52. The molecule has 0 radical (unpaired) electrons. The highest BCUT2D eigenvalue weighted by atomic mass is 32.2. The van der Waals surface area contributed by atoms with Crippen molar-refractivity contribution in [3.05, 3.63) is 35.9 Å². The van der Waals surface area contributed by atoms with E-state index in [0.29, 0.717) is 12.3 Å². The smallest absolute Gasteiger partial charge is 0.237 e. The van der Waals surface area contributed by atoms with E-state index in [1.165, 1.54) is 29.5 Å². The number of rotatable bonds is 9. The molecule has 1 N–H and O–H groups in total. The van der Waals surface area contributed by atoms with Crippen molar-refractivity contribution in [1.82, 2.24) is 15.1 Å². The summed E-state index contributed by atoms with van der Waals surface area (Å²) in [7, 11) is 0. The van der Waals surface area contributed by atoms with E-state index in [-0.39, 0.29) is 12.0 Å². The molecule has 0 saturated carbocycles. The monoisotopic (exact) mass is 434 g/mol. The van der Waals surface area contributed by atoms with E-state index >= 15 is 0 Å². The topological polar surface area (TPSA) is 80.5 Å². The van der Waals surface area contributed by atoms with E-state index in [2.05, 4.69) is 21.6 Å². The third-order valence-electron chi connectivity index (χ3n) is 5.04. The molecule has 2 aromatic rings. The van der Waals surface area contributed by atoms with Crippen molar-refractivity contribution in [2.75, 3.05) is 24.2 Å². The molecule has 1 aliphatic carbocycles. The molecule has 7 nitrogen and oxygen atoms in total. The fourth-order valence-electron chi connectivity index (χ4n) is 3.52. The van der Waals surface area contributed by atoms with Gasteiger partial charge in [-0.3, -0.25) is 4.79 Å². The molecule has 4 rings (SSSR count). The first-order valence-electron chi connectivity index (χ1n) is 10.1. The van der Waals surface area contributed by atoms with Crippen LogP contribution in [0.1, 0.15) is 44.3 Å². The molecule has 1 atom stereocenters. The molecule has 3 heterocycles. The number of aromatic nitrogens is 2. The van der Waals surface area contributed by atoms with Crippen molar-refractivity contribution < 1.29 is 13.9 Å². The fourth-order valence-corrected chi connectivity index (χ4v) is 5.16. The fraction of sp³-hybridized carbons (Fsp3) is 0.550. The van der Waals surface area contributed by atoms with Crippen molar-refractivity contribution >= 4 is 34.1 Å². The lowest BCUT2D eigenvalue weighted by Gasteiger charge is -2.26. The Bertz CT molecular complexity index is 816. The Hall–Kier alpha value is -1.84. The molecule has 9 heteroatoms. The minimum Gasteiger partial charge on any atom is -0.467 e. The Kier molecular flexibility index (Phi) is 7.23. The first-order valence-corrected chi connectivity index (χ1v) is 11.9. The molecule has 156 valence electrons. The van der Waals surface area contributed by atoms with Gasteiger partial charge < -0.3 is 19.4 Å². The number of nitrogens with one attached hydrogen (secondary N) is 1. The minimum absolute atomic E-state index is 0.0728. The van der Waals surface area contributed by atoms with Crippen LogP contribution < -0.4 is 5.32 Å². The Labute approximate surface area is 178 Å². The maximum atomic E-state index is 13.0. The van der Waals surface area contributed by atoms with Crippen LogP contribution in [0.25, 0.3) is 0 Å². The van der Waals surface area contributed by atoms with Gasteiger partial charge in [0.15, 0.2) is 4.34 Å². The van der Waals surface area contributed by atoms with Crippen LogP contribution in [0.15, 0.2) is 38.9 Å². The SMILES string of the molecule is O=C(CSc1nnc(NCC2CCCO2)s1)N(Cc1ccco1)C1=CCCCC1. The van der Waals surface area contributed by atoms with E-state index in [4.69, 9.17) is 9.15 Å². The van der Waals surface area contributed by atoms with E-state index in [1.54, 1.807) is 6.26 Å². The minimum atomic E-state index is 0.0728. The highest BCUT2D eigenvalue weighted by Crippen LogP contribution is 2.28. The standard InChI is InChI=1S/C20H26N4O3S2/c25-18(24(13-17-9-5-11-27-17)15-6-2-1-3-7-15)14-28-20-23-22-19(29-20)21-12-16-8-4-10-26-16/h5-6,9,11,16H,1-4,7-8,10,12-14H2,(H,21,22). The summed E-state index contributed by atoms with van der Waals surface area (Å²) in [4.78, 5) is 14.9. The second-order valence-electron chi connectivity index (χ2n) is 7.18. The molecule has 1 amide bonds. The van der Waals surface area contributed by atoms with E-state index in [1.807, 2.05) is 17.0 Å². The zero-order valence-corrected chi connectivity index (χ0v) is 18.0. The molecular formula is C20H26N4O3S2. The van der Waals surface area contributed by atoms with Crippen LogP contribution in [0.3, 0.4) is 0 Å². The van der Waals surface area contributed by atoms with Crippen LogP contribution >= 0.6 is 23.1 Å². The molecule has 1 unspecified atom stereocenters. The largest absolute Gasteiger partial charge is 0.467 e. The number of nitrogens with zero attached hydrogens (tertiary/aromatic N) is 3. The van der Waals surface area contributed by atoms with Crippen molar-refractivity contribution in [3.63, 3.8) is 0 Å². The molecule has 29 heavy (non-hydrogen) atoms. The molecule has 2 aliphatic rings. The van der Waals surface area contributed by atoms with Crippen molar-refractivity contribution in [1.29, 1.82) is 0 Å². The number of carbonyl (C=O) groups excluding carboxylic acids is 1. The van der Waals surface area contributed by atoms with Gasteiger partial charge in [0.05, 0.1) is 24.7 Å². The van der Waals surface area contributed by atoms with Gasteiger partial charge >= 0.3 is 0 Å². The van der Waals surface area contributed by atoms with Crippen molar-refractivity contribution in [2.45, 2.75) is 55.5 Å². The summed E-state index contributed by atoms with van der Waals surface area (Å²) < 4.78 is 11.9. The van der Waals surface area contributed by atoms with Gasteiger partial charge in [0.25, 0.3) is 0 Å². The highest BCUT2D eigenvalue weighted by Gasteiger charge is 2.22. The molecule has 1 saturated heterocycles. The summed E-state index contributed by atoms with van der Waals surface area (Å²) in [6, 6.07) is 3.77. The van der Waals surface area contributed by atoms with Crippen LogP contribution in [0, 0.1) is 0 Å². The van der Waals surface area contributed by atoms with Gasteiger partial charge in [-0.05, 0) is 50.7 Å². The first kappa shape index (κ1) is 20.4. The highest BCUT2D eigenvalue weighted by molar-refractivity contribution is 8.01. The third kappa shape index (κ3) is 5.83. The number of furan rings is 1. The van der Waals surface area contributed by atoms with E-state index in [0.717, 1.165) is 66.2 Å². The van der Waals surface area contributed by atoms with E-state index < -0.39 is 0 Å². The first-order chi connectivity index (χ1) is 14.3. The second-order valence-corrected chi connectivity index (χ2v) is 9.38. The second kappa shape index (κ2) is 10.3. The molecule has 0 bridgehead atoms. The predicted octanol–water partition coefficient (Wildman–Crippen LogP) is 4.30. The number of carbonyl (C=O) groups is 1. The summed E-state index contributed by atoms with van der Waals surface area (Å²) in [5.41, 5.74) is 1.11. The normalized spacial score (nSPS) is 19.2. The lowest BCUT2D eigenvalue weighted by Crippen LogP contribution is -2.32. The molecular weight excluding hydrogens is 408 g/mol. The summed E-state index contributed by atoms with van der Waals surface area (Å²) in [6.45, 7) is 2.07. The van der Waals surface area contributed by atoms with Gasteiger partial charge in [-0.15, -0.1) is 10.2 Å². The lowest BCUT2D eigenvalue weighted by atomic mass is 10.0. The van der Waals surface area contributed by atoms with Crippen LogP contribution in [0.2, 0.25) is 0 Å². The zero-order valence-electron chi connectivity index (χ0n) is 16.3. The maximum absolute atomic E-state index is 13.0. The summed E-state index contributed by atoms with van der Waals surface area (Å²) in [5.74, 6) is 1.20. The van der Waals surface area contributed by atoms with E-state index in [9.17, 15) is 4.79 Å². The van der Waals surface area contributed by atoms with Gasteiger partial charge in [0.1, 0.15) is 5.76 Å². The summed E-state index contributed by atoms with van der Waals surface area (Å²) >= 11 is 2.92. The van der Waals surface area contributed by atoms with Gasteiger partial charge in [-0.25, -0.2) is 0 Å².